The number of benzene rings is 1. The van der Waals surface area contributed by atoms with E-state index in [0.29, 0.717) is 0 Å². The molecule has 1 atom stereocenters. The number of hydrogen-bond donors (Lipinski definition) is 2. The van der Waals surface area contributed by atoms with Crippen molar-refractivity contribution in [2.24, 2.45) is 5.73 Å². The Morgan fingerprint density at radius 2 is 1.79 bits per heavy atom. The van der Waals surface area contributed by atoms with Gasteiger partial charge in [-0.3, -0.25) is 0 Å². The molecule has 0 aliphatic carbocycles. The molecule has 1 aromatic rings. The molecule has 6 heteroatoms. The van der Waals surface area contributed by atoms with Crippen LogP contribution in [0, 0.1) is 0 Å². The van der Waals surface area contributed by atoms with E-state index in [1.54, 1.807) is 24.3 Å². The van der Waals surface area contributed by atoms with Crippen molar-refractivity contribution in [1.82, 2.24) is 0 Å². The number of ether oxygens (including phenoxy) is 1. The third-order valence-corrected chi connectivity index (χ3v) is 3.07. The van der Waals surface area contributed by atoms with Gasteiger partial charge in [0.15, 0.2) is 0 Å². The van der Waals surface area contributed by atoms with Crippen LogP contribution in [0.15, 0.2) is 30.3 Å². The third kappa shape index (κ3) is 4.81. The van der Waals surface area contributed by atoms with Crippen LogP contribution in [0.5, 0.6) is 0 Å². The summed E-state index contributed by atoms with van der Waals surface area (Å²) >= 11 is 0. The molecule has 1 aromatic carbocycles. The van der Waals surface area contributed by atoms with Gasteiger partial charge < -0.3 is 15.6 Å². The van der Waals surface area contributed by atoms with Crippen LogP contribution < -0.4 is 5.73 Å². The van der Waals surface area contributed by atoms with Gasteiger partial charge in [-0.25, -0.2) is 0 Å². The highest BCUT2D eigenvalue weighted by Gasteiger charge is 2.31. The molecule has 0 aromatic heterocycles. The van der Waals surface area contributed by atoms with Gasteiger partial charge in [-0.2, -0.15) is 13.2 Å². The zero-order chi connectivity index (χ0) is 14.4. The summed E-state index contributed by atoms with van der Waals surface area (Å²) < 4.78 is 40.5. The Labute approximate surface area is 110 Å². The van der Waals surface area contributed by atoms with Gasteiger partial charge in [0.25, 0.3) is 0 Å². The van der Waals surface area contributed by atoms with E-state index < -0.39 is 18.2 Å². The van der Waals surface area contributed by atoms with E-state index in [2.05, 4.69) is 4.74 Å². The van der Waals surface area contributed by atoms with Gasteiger partial charge in [0.1, 0.15) is 6.61 Å². The van der Waals surface area contributed by atoms with Crippen molar-refractivity contribution < 1.29 is 23.0 Å². The molecule has 0 bridgehead atoms. The smallest absolute Gasteiger partial charge is 0.395 e. The predicted octanol–water partition coefficient (Wildman–Crippen LogP) is 1.84. The van der Waals surface area contributed by atoms with Crippen LogP contribution in [0.3, 0.4) is 0 Å². The van der Waals surface area contributed by atoms with E-state index in [1.807, 2.05) is 6.07 Å². The molecule has 0 spiro atoms. The zero-order valence-electron chi connectivity index (χ0n) is 10.5. The molecule has 3 nitrogen and oxygen atoms in total. The van der Waals surface area contributed by atoms with E-state index in [4.69, 9.17) is 5.73 Å². The number of nitrogens with two attached hydrogens (primary N) is 1. The normalized spacial score (nSPS) is 15.2. The highest BCUT2D eigenvalue weighted by atomic mass is 19.4. The maximum Gasteiger partial charge on any atom is 0.411 e. The molecule has 0 aliphatic heterocycles. The Bertz CT molecular complexity index is 364. The fourth-order valence-corrected chi connectivity index (χ4v) is 1.85. The highest BCUT2D eigenvalue weighted by Crippen LogP contribution is 2.27. The topological polar surface area (TPSA) is 55.5 Å². The van der Waals surface area contributed by atoms with Crippen LogP contribution in [0.1, 0.15) is 12.0 Å². The van der Waals surface area contributed by atoms with Crippen LogP contribution in [0.4, 0.5) is 13.2 Å². The summed E-state index contributed by atoms with van der Waals surface area (Å²) in [6, 6.07) is 9.01. The number of aliphatic hydroxyl groups is 1. The second-order valence-electron chi connectivity index (χ2n) is 4.43. The lowest BCUT2D eigenvalue weighted by molar-refractivity contribution is -0.175. The minimum absolute atomic E-state index is 0.105. The van der Waals surface area contributed by atoms with Crippen LogP contribution in [-0.4, -0.2) is 37.6 Å². The molecule has 0 saturated heterocycles. The lowest BCUT2D eigenvalue weighted by Gasteiger charge is -2.31. The lowest BCUT2D eigenvalue weighted by Crippen LogP contribution is -2.40. The van der Waals surface area contributed by atoms with Crippen LogP contribution in [0.25, 0.3) is 0 Å². The van der Waals surface area contributed by atoms with Gasteiger partial charge in [0.2, 0.25) is 0 Å². The minimum atomic E-state index is -4.34. The molecule has 0 heterocycles. The zero-order valence-corrected chi connectivity index (χ0v) is 10.5. The molecular formula is C13H18F3NO2. The molecule has 0 saturated carbocycles. The summed E-state index contributed by atoms with van der Waals surface area (Å²) in [5.74, 6) is 0. The standard InChI is InChI=1S/C13H18F3NO2/c14-13(15,16)10-19-7-6-12(8-17,9-18)11-4-2-1-3-5-11/h1-5,18H,6-10,17H2. The Morgan fingerprint density at radius 1 is 1.16 bits per heavy atom. The maximum absolute atomic E-state index is 12.0. The minimum Gasteiger partial charge on any atom is -0.395 e. The summed E-state index contributed by atoms with van der Waals surface area (Å²) in [6.07, 6.45) is -4.10. The molecule has 0 amide bonds. The Hall–Kier alpha value is -1.11. The van der Waals surface area contributed by atoms with Gasteiger partial charge in [-0.15, -0.1) is 0 Å². The number of halogens is 3. The number of hydrogen-bond acceptors (Lipinski definition) is 3. The summed E-state index contributed by atoms with van der Waals surface area (Å²) in [5.41, 5.74) is 5.72. The molecule has 19 heavy (non-hydrogen) atoms. The first-order chi connectivity index (χ1) is 8.93. The van der Waals surface area contributed by atoms with E-state index in [1.165, 1.54) is 0 Å². The van der Waals surface area contributed by atoms with Crippen molar-refractivity contribution >= 4 is 0 Å². The van der Waals surface area contributed by atoms with Gasteiger partial charge >= 0.3 is 6.18 Å². The monoisotopic (exact) mass is 277 g/mol. The van der Waals surface area contributed by atoms with Crippen molar-refractivity contribution in [3.63, 3.8) is 0 Å². The second kappa shape index (κ2) is 6.88. The quantitative estimate of drug-likeness (QED) is 0.748. The summed E-state index contributed by atoms with van der Waals surface area (Å²) in [6.45, 7) is -1.48. The SMILES string of the molecule is NCC(CO)(CCOCC(F)(F)F)c1ccccc1. The van der Waals surface area contributed by atoms with Crippen LogP contribution in [0.2, 0.25) is 0 Å². The van der Waals surface area contributed by atoms with E-state index in [-0.39, 0.29) is 26.2 Å². The maximum atomic E-state index is 12.0. The Kier molecular flexibility index (Phi) is 5.78. The highest BCUT2D eigenvalue weighted by molar-refractivity contribution is 5.26. The molecule has 0 fully saturated rings. The Morgan fingerprint density at radius 3 is 2.26 bits per heavy atom. The van der Waals surface area contributed by atoms with E-state index >= 15 is 0 Å². The van der Waals surface area contributed by atoms with E-state index in [0.717, 1.165) is 5.56 Å². The molecule has 1 unspecified atom stereocenters. The lowest BCUT2D eigenvalue weighted by atomic mass is 9.78. The molecule has 3 N–H and O–H groups in total. The first-order valence-electron chi connectivity index (χ1n) is 5.94. The summed E-state index contributed by atoms with van der Waals surface area (Å²) in [4.78, 5) is 0. The summed E-state index contributed by atoms with van der Waals surface area (Å²) in [5, 5.41) is 9.53. The molecule has 1 rings (SSSR count). The first-order valence-corrected chi connectivity index (χ1v) is 5.94. The second-order valence-corrected chi connectivity index (χ2v) is 4.43. The average molecular weight is 277 g/mol. The number of aliphatic hydroxyl groups excluding tert-OH is 1. The van der Waals surface area contributed by atoms with Crippen molar-refractivity contribution in [3.05, 3.63) is 35.9 Å². The third-order valence-electron chi connectivity index (χ3n) is 3.07. The fourth-order valence-electron chi connectivity index (χ4n) is 1.85. The number of rotatable bonds is 7. The largest absolute Gasteiger partial charge is 0.411 e. The van der Waals surface area contributed by atoms with Gasteiger partial charge in [0.05, 0.1) is 6.61 Å². The summed E-state index contributed by atoms with van der Waals surface area (Å²) in [7, 11) is 0. The average Bonchev–Trinajstić information content (AvgIpc) is 2.39. The predicted molar refractivity (Wildman–Crippen MR) is 65.8 cm³/mol. The Balaban J connectivity index is 2.63. The number of alkyl halides is 3. The molecular weight excluding hydrogens is 259 g/mol. The van der Waals surface area contributed by atoms with Crippen molar-refractivity contribution in [3.8, 4) is 0 Å². The van der Waals surface area contributed by atoms with Crippen molar-refractivity contribution in [1.29, 1.82) is 0 Å². The van der Waals surface area contributed by atoms with E-state index in [9.17, 15) is 18.3 Å². The van der Waals surface area contributed by atoms with Gasteiger partial charge in [-0.05, 0) is 12.0 Å². The fraction of sp³-hybridized carbons (Fsp3) is 0.538. The van der Waals surface area contributed by atoms with Gasteiger partial charge in [0, 0.05) is 18.6 Å². The van der Waals surface area contributed by atoms with Crippen LogP contribution >= 0.6 is 0 Å². The molecule has 0 aliphatic rings. The van der Waals surface area contributed by atoms with Crippen LogP contribution in [-0.2, 0) is 10.2 Å². The first kappa shape index (κ1) is 15.9. The van der Waals surface area contributed by atoms with Gasteiger partial charge in [-0.1, -0.05) is 30.3 Å². The molecule has 108 valence electrons. The van der Waals surface area contributed by atoms with Crippen molar-refractivity contribution in [2.45, 2.75) is 18.0 Å². The molecule has 0 radical (unpaired) electrons. The van der Waals surface area contributed by atoms with Crippen molar-refractivity contribution in [2.75, 3.05) is 26.4 Å².